The topological polar surface area (TPSA) is 17.1 Å². The van der Waals surface area contributed by atoms with Gasteiger partial charge in [-0.25, -0.2) is 0 Å². The zero-order chi connectivity index (χ0) is 8.43. The van der Waals surface area contributed by atoms with Gasteiger partial charge in [0.25, 0.3) is 0 Å². The molecule has 1 heteroatoms. The molecule has 0 aromatic rings. The summed E-state index contributed by atoms with van der Waals surface area (Å²) in [6.45, 7) is 8.08. The minimum atomic E-state index is 0.306. The molecule has 1 aliphatic rings. The number of hydrogen-bond acceptors (Lipinski definition) is 1. The molecule has 0 aliphatic heterocycles. The zero-order valence-corrected chi connectivity index (χ0v) is 7.39. The van der Waals surface area contributed by atoms with Gasteiger partial charge in [0.1, 0.15) is 5.78 Å². The quantitative estimate of drug-likeness (QED) is 0.528. The molecule has 0 heterocycles. The average molecular weight is 152 g/mol. The molecule has 1 saturated carbocycles. The van der Waals surface area contributed by atoms with Crippen molar-refractivity contribution >= 4 is 5.78 Å². The Bertz CT molecular complexity index is 179. The van der Waals surface area contributed by atoms with Crippen molar-refractivity contribution in [1.82, 2.24) is 0 Å². The van der Waals surface area contributed by atoms with E-state index in [2.05, 4.69) is 20.4 Å². The third kappa shape index (κ3) is 1.92. The van der Waals surface area contributed by atoms with Gasteiger partial charge in [-0.05, 0) is 18.8 Å². The number of hydrogen-bond donors (Lipinski definition) is 0. The lowest BCUT2D eigenvalue weighted by Gasteiger charge is -2.24. The maximum atomic E-state index is 11.4. The lowest BCUT2D eigenvalue weighted by atomic mass is 9.79. The Morgan fingerprint density at radius 1 is 1.55 bits per heavy atom. The van der Waals surface area contributed by atoms with Crippen molar-refractivity contribution in [1.29, 1.82) is 0 Å². The van der Waals surface area contributed by atoms with Crippen molar-refractivity contribution in [3.05, 3.63) is 12.2 Å². The third-order valence-corrected chi connectivity index (χ3v) is 2.45. The van der Waals surface area contributed by atoms with E-state index in [1.807, 2.05) is 0 Å². The summed E-state index contributed by atoms with van der Waals surface area (Å²) in [5, 5.41) is 0. The molecule has 0 bridgehead atoms. The number of ketones is 1. The van der Waals surface area contributed by atoms with Crippen molar-refractivity contribution in [2.24, 2.45) is 11.8 Å². The van der Waals surface area contributed by atoms with Gasteiger partial charge < -0.3 is 0 Å². The van der Waals surface area contributed by atoms with Gasteiger partial charge in [0.15, 0.2) is 0 Å². The predicted octanol–water partition coefficient (Wildman–Crippen LogP) is 2.57. The van der Waals surface area contributed by atoms with Crippen LogP contribution in [0.4, 0.5) is 0 Å². The zero-order valence-electron chi connectivity index (χ0n) is 7.39. The standard InChI is InChI=1S/C10H16O/c1-7(2)9-5-4-8(3)6-10(9)11/h7,9H,3-6H2,1-2H3/t9-/m0/s1. The van der Waals surface area contributed by atoms with Crippen LogP contribution in [0.3, 0.4) is 0 Å². The monoisotopic (exact) mass is 152 g/mol. The van der Waals surface area contributed by atoms with Crippen LogP contribution in [-0.4, -0.2) is 5.78 Å². The Labute approximate surface area is 68.5 Å². The van der Waals surface area contributed by atoms with E-state index in [0.717, 1.165) is 18.4 Å². The van der Waals surface area contributed by atoms with Crippen molar-refractivity contribution in [2.75, 3.05) is 0 Å². The van der Waals surface area contributed by atoms with Gasteiger partial charge >= 0.3 is 0 Å². The molecule has 1 aliphatic carbocycles. The number of rotatable bonds is 1. The number of carbonyl (C=O) groups is 1. The van der Waals surface area contributed by atoms with Crippen LogP contribution in [0, 0.1) is 11.8 Å². The van der Waals surface area contributed by atoms with Crippen LogP contribution in [0.15, 0.2) is 12.2 Å². The minimum Gasteiger partial charge on any atom is -0.299 e. The van der Waals surface area contributed by atoms with Gasteiger partial charge in [-0.1, -0.05) is 26.0 Å². The Kier molecular flexibility index (Phi) is 2.48. The molecule has 11 heavy (non-hydrogen) atoms. The minimum absolute atomic E-state index is 0.306. The summed E-state index contributed by atoms with van der Waals surface area (Å²) in [5.74, 6) is 1.22. The third-order valence-electron chi connectivity index (χ3n) is 2.45. The molecular weight excluding hydrogens is 136 g/mol. The van der Waals surface area contributed by atoms with E-state index in [1.54, 1.807) is 0 Å². The first-order valence-corrected chi connectivity index (χ1v) is 4.30. The highest BCUT2D eigenvalue weighted by Gasteiger charge is 2.26. The van der Waals surface area contributed by atoms with Crippen LogP contribution < -0.4 is 0 Å². The lowest BCUT2D eigenvalue weighted by molar-refractivity contribution is -0.124. The fourth-order valence-corrected chi connectivity index (χ4v) is 1.69. The first kappa shape index (κ1) is 8.51. The molecule has 0 radical (unpaired) electrons. The van der Waals surface area contributed by atoms with E-state index >= 15 is 0 Å². The number of Topliss-reactive ketones (excluding diaryl/α,β-unsaturated/α-hetero) is 1. The maximum Gasteiger partial charge on any atom is 0.140 e. The van der Waals surface area contributed by atoms with E-state index in [0.29, 0.717) is 24.0 Å². The fourth-order valence-electron chi connectivity index (χ4n) is 1.69. The van der Waals surface area contributed by atoms with Gasteiger partial charge in [-0.3, -0.25) is 4.79 Å². The number of allylic oxidation sites excluding steroid dienone is 1. The van der Waals surface area contributed by atoms with E-state index in [4.69, 9.17) is 0 Å². The Morgan fingerprint density at radius 3 is 2.64 bits per heavy atom. The van der Waals surface area contributed by atoms with Crippen molar-refractivity contribution in [3.8, 4) is 0 Å². The molecule has 62 valence electrons. The smallest absolute Gasteiger partial charge is 0.140 e. The second-order valence-corrected chi connectivity index (χ2v) is 3.78. The van der Waals surface area contributed by atoms with Crippen LogP contribution in [0.1, 0.15) is 33.1 Å². The van der Waals surface area contributed by atoms with E-state index in [1.165, 1.54) is 0 Å². The highest BCUT2D eigenvalue weighted by molar-refractivity contribution is 5.84. The summed E-state index contributed by atoms with van der Waals surface area (Å²) in [5.41, 5.74) is 1.12. The van der Waals surface area contributed by atoms with Crippen molar-refractivity contribution in [2.45, 2.75) is 33.1 Å². The molecular formula is C10H16O. The summed E-state index contributed by atoms with van der Waals surface area (Å²) < 4.78 is 0. The molecule has 1 atom stereocenters. The largest absolute Gasteiger partial charge is 0.299 e. The van der Waals surface area contributed by atoms with Crippen molar-refractivity contribution < 1.29 is 4.79 Å². The van der Waals surface area contributed by atoms with E-state index in [-0.39, 0.29) is 0 Å². The molecule has 0 aromatic heterocycles. The first-order chi connectivity index (χ1) is 5.11. The summed E-state index contributed by atoms with van der Waals surface area (Å²) in [6.07, 6.45) is 2.70. The van der Waals surface area contributed by atoms with Crippen LogP contribution in [0.25, 0.3) is 0 Å². The normalized spacial score (nSPS) is 26.3. The van der Waals surface area contributed by atoms with Gasteiger partial charge in [0, 0.05) is 12.3 Å². The highest BCUT2D eigenvalue weighted by Crippen LogP contribution is 2.28. The molecule has 1 rings (SSSR count). The number of carbonyl (C=O) groups excluding carboxylic acids is 1. The Morgan fingerprint density at radius 2 is 2.18 bits per heavy atom. The molecule has 1 fully saturated rings. The van der Waals surface area contributed by atoms with E-state index < -0.39 is 0 Å². The Balaban J connectivity index is 2.57. The van der Waals surface area contributed by atoms with Crippen LogP contribution in [0.2, 0.25) is 0 Å². The average Bonchev–Trinajstić information content (AvgIpc) is 1.85. The molecule has 0 spiro atoms. The van der Waals surface area contributed by atoms with Gasteiger partial charge in [-0.15, -0.1) is 0 Å². The summed E-state index contributed by atoms with van der Waals surface area (Å²) in [4.78, 5) is 11.4. The molecule has 0 aromatic carbocycles. The van der Waals surface area contributed by atoms with Crippen LogP contribution in [0.5, 0.6) is 0 Å². The second kappa shape index (κ2) is 3.21. The summed E-state index contributed by atoms with van der Waals surface area (Å²) >= 11 is 0. The molecule has 0 unspecified atom stereocenters. The highest BCUT2D eigenvalue weighted by atomic mass is 16.1. The van der Waals surface area contributed by atoms with E-state index in [9.17, 15) is 4.79 Å². The van der Waals surface area contributed by atoms with Crippen LogP contribution in [-0.2, 0) is 4.79 Å². The molecule has 0 amide bonds. The second-order valence-electron chi connectivity index (χ2n) is 3.78. The molecule has 0 saturated heterocycles. The predicted molar refractivity (Wildman–Crippen MR) is 46.3 cm³/mol. The summed E-state index contributed by atoms with van der Waals surface area (Å²) in [7, 11) is 0. The SMILES string of the molecule is C=C1CC[C@@H](C(C)C)C(=O)C1. The molecule has 0 N–H and O–H groups in total. The maximum absolute atomic E-state index is 11.4. The van der Waals surface area contributed by atoms with Gasteiger partial charge in [0.2, 0.25) is 0 Å². The van der Waals surface area contributed by atoms with Crippen molar-refractivity contribution in [3.63, 3.8) is 0 Å². The van der Waals surface area contributed by atoms with Gasteiger partial charge in [-0.2, -0.15) is 0 Å². The van der Waals surface area contributed by atoms with Crippen LogP contribution >= 0.6 is 0 Å². The summed E-state index contributed by atoms with van der Waals surface area (Å²) in [6, 6.07) is 0. The first-order valence-electron chi connectivity index (χ1n) is 4.30. The molecule has 1 nitrogen and oxygen atoms in total. The lowest BCUT2D eigenvalue weighted by Crippen LogP contribution is -2.24. The fraction of sp³-hybridized carbons (Fsp3) is 0.700. The Hall–Kier alpha value is -0.590. The van der Waals surface area contributed by atoms with Gasteiger partial charge in [0.05, 0.1) is 0 Å².